The predicted molar refractivity (Wildman–Crippen MR) is 103 cm³/mol. The fourth-order valence-electron chi connectivity index (χ4n) is 2.17. The number of unbranched alkanes of at least 4 members (excludes halogenated alkanes) is 1. The molecule has 0 N–H and O–H groups in total. The lowest BCUT2D eigenvalue weighted by atomic mass is 10.2. The van der Waals surface area contributed by atoms with Gasteiger partial charge in [-0.15, -0.1) is 0 Å². The van der Waals surface area contributed by atoms with E-state index < -0.39 is 5.97 Å². The molecule has 27 heavy (non-hydrogen) atoms. The molecule has 5 nitrogen and oxygen atoms in total. The number of hydrogen-bond donors (Lipinski definition) is 0. The Bertz CT molecular complexity index is 732. The van der Waals surface area contributed by atoms with Crippen LogP contribution < -0.4 is 9.47 Å². The fourth-order valence-corrected chi connectivity index (χ4v) is 2.17. The van der Waals surface area contributed by atoms with Crippen molar-refractivity contribution in [3.05, 3.63) is 59.7 Å². The molecule has 0 saturated heterocycles. The predicted octanol–water partition coefficient (Wildman–Crippen LogP) is 4.90. The van der Waals surface area contributed by atoms with Gasteiger partial charge in [0.1, 0.15) is 11.5 Å². The number of esters is 2. The van der Waals surface area contributed by atoms with Gasteiger partial charge in [-0.3, -0.25) is 0 Å². The zero-order chi connectivity index (χ0) is 19.6. The Balaban J connectivity index is 1.90. The minimum absolute atomic E-state index is 0.276. The maximum absolute atomic E-state index is 12.2. The summed E-state index contributed by atoms with van der Waals surface area (Å²) in [7, 11) is 0. The Labute approximate surface area is 160 Å². The number of carbonyl (C=O) groups is 2. The third-order valence-electron chi connectivity index (χ3n) is 3.70. The molecule has 5 heteroatoms. The smallest absolute Gasteiger partial charge is 0.343 e. The van der Waals surface area contributed by atoms with Gasteiger partial charge >= 0.3 is 11.9 Å². The third-order valence-corrected chi connectivity index (χ3v) is 3.70. The van der Waals surface area contributed by atoms with Crippen molar-refractivity contribution >= 4 is 11.9 Å². The Morgan fingerprint density at radius 1 is 0.852 bits per heavy atom. The molecule has 0 aliphatic rings. The first-order valence-electron chi connectivity index (χ1n) is 9.21. The van der Waals surface area contributed by atoms with E-state index >= 15 is 0 Å². The molecule has 0 heterocycles. The van der Waals surface area contributed by atoms with Gasteiger partial charge < -0.3 is 14.2 Å². The molecule has 0 atom stereocenters. The summed E-state index contributed by atoms with van der Waals surface area (Å²) >= 11 is 0. The number of benzene rings is 2. The summed E-state index contributed by atoms with van der Waals surface area (Å²) in [6.07, 6.45) is 2.06. The second-order valence-corrected chi connectivity index (χ2v) is 6.63. The van der Waals surface area contributed by atoms with Gasteiger partial charge in [0.05, 0.1) is 24.3 Å². The largest absolute Gasteiger partial charge is 0.494 e. The quantitative estimate of drug-likeness (QED) is 0.357. The zero-order valence-electron chi connectivity index (χ0n) is 16.1. The molecular formula is C22H26O5. The second-order valence-electron chi connectivity index (χ2n) is 6.63. The number of hydrogen-bond acceptors (Lipinski definition) is 5. The van der Waals surface area contributed by atoms with Crippen molar-refractivity contribution < 1.29 is 23.8 Å². The first-order valence-corrected chi connectivity index (χ1v) is 9.21. The highest BCUT2D eigenvalue weighted by atomic mass is 16.5. The topological polar surface area (TPSA) is 61.8 Å². The van der Waals surface area contributed by atoms with Crippen LogP contribution in [0.3, 0.4) is 0 Å². The summed E-state index contributed by atoms with van der Waals surface area (Å²) in [4.78, 5) is 24.1. The molecule has 0 bridgehead atoms. The van der Waals surface area contributed by atoms with Gasteiger partial charge in [0.15, 0.2) is 0 Å². The summed E-state index contributed by atoms with van der Waals surface area (Å²) in [5.41, 5.74) is 0.849. The van der Waals surface area contributed by atoms with Gasteiger partial charge in [0, 0.05) is 0 Å². The molecular weight excluding hydrogens is 344 g/mol. The summed E-state index contributed by atoms with van der Waals surface area (Å²) in [5.74, 6) is 0.510. The summed E-state index contributed by atoms with van der Waals surface area (Å²) in [6, 6.07) is 13.1. The van der Waals surface area contributed by atoms with Crippen molar-refractivity contribution in [2.75, 3.05) is 13.2 Å². The molecule has 0 amide bonds. The van der Waals surface area contributed by atoms with Crippen molar-refractivity contribution in [3.63, 3.8) is 0 Å². The molecule has 0 aromatic heterocycles. The van der Waals surface area contributed by atoms with Crippen molar-refractivity contribution in [3.8, 4) is 11.5 Å². The fraction of sp³-hybridized carbons (Fsp3) is 0.364. The van der Waals surface area contributed by atoms with E-state index in [1.807, 2.05) is 13.8 Å². The van der Waals surface area contributed by atoms with Crippen LogP contribution in [0.4, 0.5) is 0 Å². The van der Waals surface area contributed by atoms with Gasteiger partial charge in [0.2, 0.25) is 0 Å². The lowest BCUT2D eigenvalue weighted by Gasteiger charge is -2.09. The van der Waals surface area contributed by atoms with E-state index in [0.717, 1.165) is 18.6 Å². The first kappa shape index (κ1) is 20.5. The van der Waals surface area contributed by atoms with Gasteiger partial charge in [-0.05, 0) is 60.9 Å². The summed E-state index contributed by atoms with van der Waals surface area (Å²) in [6.45, 7) is 7.07. The molecule has 144 valence electrons. The van der Waals surface area contributed by atoms with Crippen LogP contribution in [0.2, 0.25) is 0 Å². The highest BCUT2D eigenvalue weighted by molar-refractivity contribution is 5.92. The Kier molecular flexibility index (Phi) is 7.86. The van der Waals surface area contributed by atoms with Crippen LogP contribution in [0.1, 0.15) is 54.3 Å². The molecule has 0 saturated carbocycles. The van der Waals surface area contributed by atoms with E-state index in [2.05, 4.69) is 6.92 Å². The highest BCUT2D eigenvalue weighted by Gasteiger charge is 2.11. The number of carbonyl (C=O) groups excluding carboxylic acids is 2. The third kappa shape index (κ3) is 6.77. The lowest BCUT2D eigenvalue weighted by Crippen LogP contribution is -2.11. The van der Waals surface area contributed by atoms with Crippen molar-refractivity contribution in [1.82, 2.24) is 0 Å². The van der Waals surface area contributed by atoms with E-state index in [1.54, 1.807) is 48.5 Å². The van der Waals surface area contributed by atoms with Gasteiger partial charge in [0.25, 0.3) is 0 Å². The summed E-state index contributed by atoms with van der Waals surface area (Å²) < 4.78 is 16.1. The molecule has 2 aromatic carbocycles. The highest BCUT2D eigenvalue weighted by Crippen LogP contribution is 2.17. The molecule has 0 unspecified atom stereocenters. The maximum Gasteiger partial charge on any atom is 0.343 e. The monoisotopic (exact) mass is 370 g/mol. The summed E-state index contributed by atoms with van der Waals surface area (Å²) in [5, 5.41) is 0. The number of rotatable bonds is 9. The van der Waals surface area contributed by atoms with Crippen molar-refractivity contribution in [2.24, 2.45) is 5.92 Å². The standard InChI is InChI=1S/C22H26O5/c1-4-5-14-25-19-10-6-18(7-11-19)22(24)27-20-12-8-17(9-13-20)21(23)26-15-16(2)3/h6-13,16H,4-5,14-15H2,1-3H3. The molecule has 0 spiro atoms. The van der Waals surface area contributed by atoms with E-state index in [4.69, 9.17) is 14.2 Å². The van der Waals surface area contributed by atoms with Crippen LogP contribution in [0.15, 0.2) is 48.5 Å². The van der Waals surface area contributed by atoms with Crippen LogP contribution in [-0.2, 0) is 4.74 Å². The van der Waals surface area contributed by atoms with Crippen LogP contribution >= 0.6 is 0 Å². The lowest BCUT2D eigenvalue weighted by molar-refractivity contribution is 0.0459. The average molecular weight is 370 g/mol. The van der Waals surface area contributed by atoms with Crippen LogP contribution in [0, 0.1) is 5.92 Å². The second kappa shape index (κ2) is 10.4. The van der Waals surface area contributed by atoms with Crippen LogP contribution in [0.5, 0.6) is 11.5 Å². The normalized spacial score (nSPS) is 10.5. The first-order chi connectivity index (χ1) is 13.0. The van der Waals surface area contributed by atoms with E-state index in [9.17, 15) is 9.59 Å². The Morgan fingerprint density at radius 3 is 1.96 bits per heavy atom. The molecule has 2 rings (SSSR count). The van der Waals surface area contributed by atoms with Crippen molar-refractivity contribution in [1.29, 1.82) is 0 Å². The Morgan fingerprint density at radius 2 is 1.41 bits per heavy atom. The van der Waals surface area contributed by atoms with Gasteiger partial charge in [-0.2, -0.15) is 0 Å². The number of ether oxygens (including phenoxy) is 3. The van der Waals surface area contributed by atoms with Gasteiger partial charge in [-0.1, -0.05) is 27.2 Å². The molecule has 2 aromatic rings. The van der Waals surface area contributed by atoms with Crippen LogP contribution in [-0.4, -0.2) is 25.2 Å². The van der Waals surface area contributed by atoms with E-state index in [0.29, 0.717) is 30.1 Å². The minimum atomic E-state index is -0.467. The average Bonchev–Trinajstić information content (AvgIpc) is 2.67. The minimum Gasteiger partial charge on any atom is -0.494 e. The molecule has 0 fully saturated rings. The van der Waals surface area contributed by atoms with Gasteiger partial charge in [-0.25, -0.2) is 9.59 Å². The SMILES string of the molecule is CCCCOc1ccc(C(=O)Oc2ccc(C(=O)OCC(C)C)cc2)cc1. The molecule has 0 radical (unpaired) electrons. The van der Waals surface area contributed by atoms with Crippen LogP contribution in [0.25, 0.3) is 0 Å². The van der Waals surface area contributed by atoms with E-state index in [-0.39, 0.29) is 11.9 Å². The van der Waals surface area contributed by atoms with Crippen molar-refractivity contribution in [2.45, 2.75) is 33.6 Å². The Hall–Kier alpha value is -2.82. The molecule has 0 aliphatic heterocycles. The zero-order valence-corrected chi connectivity index (χ0v) is 16.1. The van der Waals surface area contributed by atoms with E-state index in [1.165, 1.54) is 0 Å². The maximum atomic E-state index is 12.2. The molecule has 0 aliphatic carbocycles.